The Morgan fingerprint density at radius 1 is 1.12 bits per heavy atom. The number of likely N-dealkylation sites (tertiary alicyclic amines) is 1. The highest BCUT2D eigenvalue weighted by Crippen LogP contribution is 2.40. The Labute approximate surface area is 145 Å². The highest BCUT2D eigenvalue weighted by molar-refractivity contribution is 7.99. The number of thioether (sulfide) groups is 1. The lowest BCUT2D eigenvalue weighted by atomic mass is 10.1. The Bertz CT molecular complexity index is 712. The third-order valence-corrected chi connectivity index (χ3v) is 5.35. The molecule has 2 aromatic carbocycles. The molecular weight excluding hydrogens is 322 g/mol. The summed E-state index contributed by atoms with van der Waals surface area (Å²) in [4.78, 5) is 26.1. The molecule has 1 unspecified atom stereocenters. The van der Waals surface area contributed by atoms with Crippen LogP contribution in [0.3, 0.4) is 0 Å². The van der Waals surface area contributed by atoms with E-state index >= 15 is 0 Å². The van der Waals surface area contributed by atoms with Gasteiger partial charge in [-0.05, 0) is 36.2 Å². The van der Waals surface area contributed by atoms with Crippen molar-refractivity contribution in [3.05, 3.63) is 59.7 Å². The predicted molar refractivity (Wildman–Crippen MR) is 94.4 cm³/mol. The quantitative estimate of drug-likeness (QED) is 0.590. The topological polar surface area (TPSA) is 46.6 Å². The molecule has 1 atom stereocenters. The number of methoxy groups -OCH3 is 1. The molecule has 1 amide bonds. The molecule has 24 heavy (non-hydrogen) atoms. The second-order valence-corrected chi connectivity index (χ2v) is 6.77. The monoisotopic (exact) mass is 341 g/mol. The van der Waals surface area contributed by atoms with Crippen LogP contribution in [-0.2, 0) is 4.79 Å². The van der Waals surface area contributed by atoms with Gasteiger partial charge < -0.3 is 9.64 Å². The fraction of sp³-hybridized carbons (Fsp3) is 0.263. The van der Waals surface area contributed by atoms with Crippen LogP contribution in [0.4, 0.5) is 0 Å². The van der Waals surface area contributed by atoms with E-state index in [1.807, 2.05) is 41.3 Å². The van der Waals surface area contributed by atoms with Crippen molar-refractivity contribution in [2.24, 2.45) is 0 Å². The van der Waals surface area contributed by atoms with E-state index in [4.69, 9.17) is 4.74 Å². The summed E-state index contributed by atoms with van der Waals surface area (Å²) in [5.74, 6) is 0.990. The number of amides is 1. The van der Waals surface area contributed by atoms with Crippen molar-refractivity contribution < 1.29 is 14.3 Å². The van der Waals surface area contributed by atoms with Crippen molar-refractivity contribution in [3.8, 4) is 5.75 Å². The van der Waals surface area contributed by atoms with Crippen molar-refractivity contribution in [3.63, 3.8) is 0 Å². The fourth-order valence-corrected chi connectivity index (χ4v) is 3.95. The maximum absolute atomic E-state index is 12.2. The highest BCUT2D eigenvalue weighted by Gasteiger charge is 2.29. The standard InChI is InChI=1S/C19H19NO3S/c1-23-16-8-10-17(11-9-16)24-19(20-12-2-3-18(20)22)15-6-4-14(13-21)5-7-15/h4-11,13,19H,2-3,12H2,1H3. The number of nitrogens with zero attached hydrogens (tertiary/aromatic N) is 1. The van der Waals surface area contributed by atoms with Crippen molar-refractivity contribution in [2.45, 2.75) is 23.1 Å². The van der Waals surface area contributed by atoms with Gasteiger partial charge in [0.25, 0.3) is 0 Å². The van der Waals surface area contributed by atoms with Crippen molar-refractivity contribution in [1.29, 1.82) is 0 Å². The van der Waals surface area contributed by atoms with Crippen LogP contribution in [0.1, 0.15) is 34.1 Å². The van der Waals surface area contributed by atoms with E-state index in [1.165, 1.54) is 0 Å². The summed E-state index contributed by atoms with van der Waals surface area (Å²) >= 11 is 1.64. The SMILES string of the molecule is COc1ccc(SC(c2ccc(C=O)cc2)N2CCCC2=O)cc1. The Morgan fingerprint density at radius 2 is 1.83 bits per heavy atom. The average molecular weight is 341 g/mol. The van der Waals surface area contributed by atoms with Crippen molar-refractivity contribution >= 4 is 24.0 Å². The van der Waals surface area contributed by atoms with Gasteiger partial charge in [-0.15, -0.1) is 0 Å². The molecule has 0 bridgehead atoms. The lowest BCUT2D eigenvalue weighted by Gasteiger charge is -2.28. The van der Waals surface area contributed by atoms with Crippen molar-refractivity contribution in [1.82, 2.24) is 4.90 Å². The Kier molecular flexibility index (Phi) is 5.20. The van der Waals surface area contributed by atoms with E-state index in [0.717, 1.165) is 35.5 Å². The third kappa shape index (κ3) is 3.62. The summed E-state index contributed by atoms with van der Waals surface area (Å²) in [6.45, 7) is 0.766. The van der Waals surface area contributed by atoms with Gasteiger partial charge in [0.1, 0.15) is 17.4 Å². The van der Waals surface area contributed by atoms with Crippen LogP contribution in [0.15, 0.2) is 53.4 Å². The lowest BCUT2D eigenvalue weighted by molar-refractivity contribution is -0.128. The molecule has 2 aromatic rings. The van der Waals surface area contributed by atoms with Gasteiger partial charge in [-0.1, -0.05) is 36.0 Å². The van der Waals surface area contributed by atoms with E-state index in [1.54, 1.807) is 31.0 Å². The van der Waals surface area contributed by atoms with Crippen LogP contribution in [0.2, 0.25) is 0 Å². The van der Waals surface area contributed by atoms with Crippen LogP contribution < -0.4 is 4.74 Å². The number of rotatable bonds is 6. The molecule has 5 heteroatoms. The molecule has 124 valence electrons. The summed E-state index contributed by atoms with van der Waals surface area (Å²) in [6.07, 6.45) is 2.33. The van der Waals surface area contributed by atoms with Crippen LogP contribution >= 0.6 is 11.8 Å². The second-order valence-electron chi connectivity index (χ2n) is 5.62. The minimum atomic E-state index is -0.0888. The maximum Gasteiger partial charge on any atom is 0.223 e. The van der Waals surface area contributed by atoms with Gasteiger partial charge in [-0.2, -0.15) is 0 Å². The minimum Gasteiger partial charge on any atom is -0.497 e. The number of hydrogen-bond donors (Lipinski definition) is 0. The number of benzene rings is 2. The van der Waals surface area contributed by atoms with Gasteiger partial charge in [-0.3, -0.25) is 9.59 Å². The molecule has 0 saturated carbocycles. The van der Waals surface area contributed by atoms with Gasteiger partial charge in [0.2, 0.25) is 5.91 Å². The van der Waals surface area contributed by atoms with Crippen LogP contribution in [0.25, 0.3) is 0 Å². The largest absolute Gasteiger partial charge is 0.497 e. The predicted octanol–water partition coefficient (Wildman–Crippen LogP) is 3.92. The molecule has 0 aromatic heterocycles. The molecule has 0 spiro atoms. The Morgan fingerprint density at radius 3 is 2.38 bits per heavy atom. The van der Waals surface area contributed by atoms with Gasteiger partial charge in [0.15, 0.2) is 0 Å². The number of carbonyl (C=O) groups is 2. The smallest absolute Gasteiger partial charge is 0.223 e. The first-order chi connectivity index (χ1) is 11.7. The zero-order valence-corrected chi connectivity index (χ0v) is 14.3. The first kappa shape index (κ1) is 16.6. The van der Waals surface area contributed by atoms with Crippen LogP contribution in [0, 0.1) is 0 Å². The first-order valence-electron chi connectivity index (χ1n) is 7.86. The maximum atomic E-state index is 12.2. The first-order valence-corrected chi connectivity index (χ1v) is 8.74. The normalized spacial score (nSPS) is 15.4. The molecular formula is C19H19NO3S. The summed E-state index contributed by atoms with van der Waals surface area (Å²) in [6, 6.07) is 15.3. The average Bonchev–Trinajstić information content (AvgIpc) is 3.06. The minimum absolute atomic E-state index is 0.0888. The zero-order valence-electron chi connectivity index (χ0n) is 13.5. The summed E-state index contributed by atoms with van der Waals surface area (Å²) in [7, 11) is 1.64. The number of ether oxygens (including phenoxy) is 1. The number of aldehydes is 1. The van der Waals surface area contributed by atoms with Crippen LogP contribution in [-0.4, -0.2) is 30.7 Å². The number of hydrogen-bond acceptors (Lipinski definition) is 4. The van der Waals surface area contributed by atoms with Gasteiger partial charge in [-0.25, -0.2) is 0 Å². The van der Waals surface area contributed by atoms with E-state index in [2.05, 4.69) is 0 Å². The van der Waals surface area contributed by atoms with E-state index in [0.29, 0.717) is 12.0 Å². The zero-order chi connectivity index (χ0) is 16.9. The molecule has 0 aliphatic carbocycles. The van der Waals surface area contributed by atoms with E-state index in [-0.39, 0.29) is 11.3 Å². The van der Waals surface area contributed by atoms with E-state index < -0.39 is 0 Å². The molecule has 1 saturated heterocycles. The molecule has 3 rings (SSSR count). The van der Waals surface area contributed by atoms with Gasteiger partial charge in [0, 0.05) is 23.4 Å². The summed E-state index contributed by atoms with van der Waals surface area (Å²) < 4.78 is 5.19. The van der Waals surface area contributed by atoms with E-state index in [9.17, 15) is 9.59 Å². The Balaban J connectivity index is 1.88. The molecule has 0 N–H and O–H groups in total. The second kappa shape index (κ2) is 7.53. The molecule has 1 fully saturated rings. The van der Waals surface area contributed by atoms with Crippen LogP contribution in [0.5, 0.6) is 5.75 Å². The molecule has 4 nitrogen and oxygen atoms in total. The molecule has 0 radical (unpaired) electrons. The van der Waals surface area contributed by atoms with Gasteiger partial charge in [0.05, 0.1) is 7.11 Å². The number of carbonyl (C=O) groups excluding carboxylic acids is 2. The Hall–Kier alpha value is -2.27. The van der Waals surface area contributed by atoms with Crippen molar-refractivity contribution in [2.75, 3.05) is 13.7 Å². The summed E-state index contributed by atoms with van der Waals surface area (Å²) in [5, 5.41) is -0.0888. The highest BCUT2D eigenvalue weighted by atomic mass is 32.2. The molecule has 1 aliphatic heterocycles. The third-order valence-electron chi connectivity index (χ3n) is 4.06. The molecule has 1 aliphatic rings. The fourth-order valence-electron chi connectivity index (χ4n) is 2.75. The van der Waals surface area contributed by atoms with Gasteiger partial charge >= 0.3 is 0 Å². The molecule has 1 heterocycles. The lowest BCUT2D eigenvalue weighted by Crippen LogP contribution is -2.27. The summed E-state index contributed by atoms with van der Waals surface area (Å²) in [5.41, 5.74) is 1.66.